The molecule has 1 aromatic carbocycles. The number of rotatable bonds is 8. The molecule has 0 aromatic heterocycles. The molecule has 0 saturated carbocycles. The number of benzene rings is 1. The lowest BCUT2D eigenvalue weighted by Gasteiger charge is -2.23. The standard InChI is InChI=1S/C15H24FN3O2/c1-4-19(5-2)15(20)9-12(10-17)18-11-6-7-13(16)14(8-11)21-3/h6-8,12,18H,4-5,9-10,17H2,1-3H3. The summed E-state index contributed by atoms with van der Waals surface area (Å²) in [6.07, 6.45) is 0.303. The molecule has 0 saturated heterocycles. The number of amides is 1. The average Bonchev–Trinajstić information content (AvgIpc) is 2.49. The van der Waals surface area contributed by atoms with Crippen molar-refractivity contribution < 1.29 is 13.9 Å². The topological polar surface area (TPSA) is 67.6 Å². The van der Waals surface area contributed by atoms with Gasteiger partial charge in [-0.3, -0.25) is 4.79 Å². The van der Waals surface area contributed by atoms with Crippen LogP contribution in [0, 0.1) is 5.82 Å². The van der Waals surface area contributed by atoms with Crippen molar-refractivity contribution in [2.24, 2.45) is 5.73 Å². The number of hydrogen-bond acceptors (Lipinski definition) is 4. The van der Waals surface area contributed by atoms with Gasteiger partial charge < -0.3 is 20.7 Å². The van der Waals surface area contributed by atoms with E-state index in [1.165, 1.54) is 13.2 Å². The highest BCUT2D eigenvalue weighted by Crippen LogP contribution is 2.22. The van der Waals surface area contributed by atoms with Gasteiger partial charge in [0.1, 0.15) is 0 Å². The SMILES string of the molecule is CCN(CC)C(=O)CC(CN)Nc1ccc(F)c(OC)c1. The number of carbonyl (C=O) groups is 1. The Morgan fingerprint density at radius 2 is 2.10 bits per heavy atom. The molecule has 0 heterocycles. The number of nitrogens with zero attached hydrogens (tertiary/aromatic N) is 1. The number of halogens is 1. The Hall–Kier alpha value is -1.82. The lowest BCUT2D eigenvalue weighted by atomic mass is 10.1. The Morgan fingerprint density at radius 3 is 2.62 bits per heavy atom. The third kappa shape index (κ3) is 4.90. The van der Waals surface area contributed by atoms with Gasteiger partial charge >= 0.3 is 0 Å². The molecule has 0 aliphatic rings. The molecule has 0 aliphatic carbocycles. The number of carbonyl (C=O) groups excluding carboxylic acids is 1. The first-order valence-electron chi connectivity index (χ1n) is 7.13. The van der Waals surface area contributed by atoms with Crippen LogP contribution < -0.4 is 15.8 Å². The predicted octanol–water partition coefficient (Wildman–Crippen LogP) is 1.83. The number of hydrogen-bond donors (Lipinski definition) is 2. The fraction of sp³-hybridized carbons (Fsp3) is 0.533. The first-order valence-corrected chi connectivity index (χ1v) is 7.13. The maximum atomic E-state index is 13.4. The molecule has 0 bridgehead atoms. The molecule has 0 aliphatic heterocycles. The highest BCUT2D eigenvalue weighted by molar-refractivity contribution is 5.77. The van der Waals surface area contributed by atoms with E-state index >= 15 is 0 Å². The zero-order chi connectivity index (χ0) is 15.8. The van der Waals surface area contributed by atoms with Crippen molar-refractivity contribution in [2.45, 2.75) is 26.3 Å². The quantitative estimate of drug-likeness (QED) is 0.768. The minimum atomic E-state index is -0.424. The Kier molecular flexibility index (Phi) is 6.94. The third-order valence-electron chi connectivity index (χ3n) is 3.34. The molecule has 118 valence electrons. The Morgan fingerprint density at radius 1 is 1.43 bits per heavy atom. The maximum absolute atomic E-state index is 13.4. The summed E-state index contributed by atoms with van der Waals surface area (Å²) in [5, 5.41) is 3.15. The van der Waals surface area contributed by atoms with E-state index in [9.17, 15) is 9.18 Å². The normalized spacial score (nSPS) is 11.9. The first-order chi connectivity index (χ1) is 10.0. The molecule has 3 N–H and O–H groups in total. The summed E-state index contributed by atoms with van der Waals surface area (Å²) < 4.78 is 18.3. The zero-order valence-corrected chi connectivity index (χ0v) is 12.9. The van der Waals surface area contributed by atoms with Gasteiger partial charge in [0.05, 0.1) is 7.11 Å². The van der Waals surface area contributed by atoms with Crippen molar-refractivity contribution in [1.82, 2.24) is 4.90 Å². The highest BCUT2D eigenvalue weighted by Gasteiger charge is 2.16. The van der Waals surface area contributed by atoms with Crippen molar-refractivity contribution in [1.29, 1.82) is 0 Å². The summed E-state index contributed by atoms with van der Waals surface area (Å²) in [4.78, 5) is 13.8. The van der Waals surface area contributed by atoms with Gasteiger partial charge in [0, 0.05) is 43.9 Å². The highest BCUT2D eigenvalue weighted by atomic mass is 19.1. The molecule has 1 rings (SSSR count). The summed E-state index contributed by atoms with van der Waals surface area (Å²) in [6.45, 7) is 5.55. The number of anilines is 1. The Balaban J connectivity index is 2.72. The van der Waals surface area contributed by atoms with Gasteiger partial charge in [-0.05, 0) is 26.0 Å². The fourth-order valence-electron chi connectivity index (χ4n) is 2.09. The molecule has 1 aromatic rings. The van der Waals surface area contributed by atoms with Crippen LogP contribution >= 0.6 is 0 Å². The number of ether oxygens (including phenoxy) is 1. The molecule has 5 nitrogen and oxygen atoms in total. The van der Waals surface area contributed by atoms with Gasteiger partial charge in [-0.25, -0.2) is 4.39 Å². The van der Waals surface area contributed by atoms with Gasteiger partial charge in [-0.15, -0.1) is 0 Å². The molecule has 21 heavy (non-hydrogen) atoms. The minimum absolute atomic E-state index is 0.0528. The smallest absolute Gasteiger partial charge is 0.224 e. The van der Waals surface area contributed by atoms with Crippen molar-refractivity contribution in [3.05, 3.63) is 24.0 Å². The van der Waals surface area contributed by atoms with Crippen molar-refractivity contribution in [2.75, 3.05) is 32.1 Å². The minimum Gasteiger partial charge on any atom is -0.494 e. The number of methoxy groups -OCH3 is 1. The zero-order valence-electron chi connectivity index (χ0n) is 12.9. The van der Waals surface area contributed by atoms with Crippen molar-refractivity contribution in [3.8, 4) is 5.75 Å². The maximum Gasteiger partial charge on any atom is 0.224 e. The van der Waals surface area contributed by atoms with Crippen LogP contribution in [0.3, 0.4) is 0 Å². The van der Waals surface area contributed by atoms with Crippen LogP contribution in [0.1, 0.15) is 20.3 Å². The molecule has 6 heteroatoms. The number of nitrogens with two attached hydrogens (primary N) is 1. The molecule has 1 atom stereocenters. The van der Waals surface area contributed by atoms with E-state index in [1.54, 1.807) is 17.0 Å². The fourth-order valence-corrected chi connectivity index (χ4v) is 2.09. The number of nitrogens with one attached hydrogen (secondary N) is 1. The van der Waals surface area contributed by atoms with Crippen LogP contribution in [0.4, 0.5) is 10.1 Å². The summed E-state index contributed by atoms with van der Waals surface area (Å²) in [6, 6.07) is 4.27. The molecule has 0 fully saturated rings. The van der Waals surface area contributed by atoms with Crippen LogP contribution in [0.5, 0.6) is 5.75 Å². The molecular formula is C15H24FN3O2. The summed E-state index contributed by atoms with van der Waals surface area (Å²) in [7, 11) is 1.41. The Bertz CT molecular complexity index is 464. The van der Waals surface area contributed by atoms with Crippen LogP contribution in [0.15, 0.2) is 18.2 Å². The summed E-state index contributed by atoms with van der Waals surface area (Å²) >= 11 is 0. The van der Waals surface area contributed by atoms with Crippen LogP contribution in [-0.2, 0) is 4.79 Å². The van der Waals surface area contributed by atoms with E-state index in [-0.39, 0.29) is 17.7 Å². The van der Waals surface area contributed by atoms with Gasteiger partial charge in [0.25, 0.3) is 0 Å². The molecule has 0 radical (unpaired) electrons. The van der Waals surface area contributed by atoms with Crippen LogP contribution in [-0.4, -0.2) is 43.6 Å². The van der Waals surface area contributed by atoms with E-state index in [2.05, 4.69) is 5.32 Å². The van der Waals surface area contributed by atoms with Crippen molar-refractivity contribution >= 4 is 11.6 Å². The molecular weight excluding hydrogens is 273 g/mol. The second-order valence-corrected chi connectivity index (χ2v) is 4.70. The van der Waals surface area contributed by atoms with Gasteiger partial charge in [0.2, 0.25) is 5.91 Å². The predicted molar refractivity (Wildman–Crippen MR) is 82.0 cm³/mol. The van der Waals surface area contributed by atoms with Gasteiger partial charge in [-0.1, -0.05) is 0 Å². The van der Waals surface area contributed by atoms with Crippen LogP contribution in [0.25, 0.3) is 0 Å². The van der Waals surface area contributed by atoms with Crippen molar-refractivity contribution in [3.63, 3.8) is 0 Å². The largest absolute Gasteiger partial charge is 0.494 e. The van der Waals surface area contributed by atoms with Gasteiger partial charge in [-0.2, -0.15) is 0 Å². The molecule has 1 amide bonds. The third-order valence-corrected chi connectivity index (χ3v) is 3.34. The van der Waals surface area contributed by atoms with E-state index in [0.717, 1.165) is 0 Å². The Labute approximate surface area is 125 Å². The lowest BCUT2D eigenvalue weighted by Crippen LogP contribution is -2.38. The molecule has 0 spiro atoms. The summed E-state index contributed by atoms with van der Waals surface area (Å²) in [5.74, 6) is -0.213. The van der Waals surface area contributed by atoms with E-state index in [1.807, 2.05) is 13.8 Å². The average molecular weight is 297 g/mol. The lowest BCUT2D eigenvalue weighted by molar-refractivity contribution is -0.131. The second kappa shape index (κ2) is 8.46. The second-order valence-electron chi connectivity index (χ2n) is 4.70. The first kappa shape index (κ1) is 17.2. The van der Waals surface area contributed by atoms with Crippen LogP contribution in [0.2, 0.25) is 0 Å². The monoisotopic (exact) mass is 297 g/mol. The molecule has 1 unspecified atom stereocenters. The summed E-state index contributed by atoms with van der Waals surface area (Å²) in [5.41, 5.74) is 6.39. The van der Waals surface area contributed by atoms with Gasteiger partial charge in [0.15, 0.2) is 11.6 Å². The van der Waals surface area contributed by atoms with E-state index < -0.39 is 5.82 Å². The van der Waals surface area contributed by atoms with E-state index in [0.29, 0.717) is 31.7 Å². The van der Waals surface area contributed by atoms with E-state index in [4.69, 9.17) is 10.5 Å².